The summed E-state index contributed by atoms with van der Waals surface area (Å²) in [5.74, 6) is -5.58. The summed E-state index contributed by atoms with van der Waals surface area (Å²) in [7, 11) is 0. The second-order valence-corrected chi connectivity index (χ2v) is 10.5. The van der Waals surface area contributed by atoms with E-state index in [-0.39, 0.29) is 27.9 Å². The predicted octanol–water partition coefficient (Wildman–Crippen LogP) is 3.40. The minimum Gasteiger partial charge on any atom is -0.351 e. The van der Waals surface area contributed by atoms with Gasteiger partial charge in [0.15, 0.2) is 0 Å². The van der Waals surface area contributed by atoms with Crippen LogP contribution in [0.25, 0.3) is 0 Å². The van der Waals surface area contributed by atoms with Crippen LogP contribution in [0.15, 0.2) is 42.5 Å². The highest BCUT2D eigenvalue weighted by Crippen LogP contribution is 2.39. The van der Waals surface area contributed by atoms with Crippen LogP contribution in [0, 0.1) is 17.1 Å². The maximum atomic E-state index is 14.5. The Morgan fingerprint density at radius 2 is 1.97 bits per heavy atom. The number of nitrogens with one attached hydrogen (secondary N) is 1. The molecule has 0 aromatic heterocycles. The van der Waals surface area contributed by atoms with E-state index >= 15 is 0 Å². The summed E-state index contributed by atoms with van der Waals surface area (Å²) >= 11 is 3.78. The van der Waals surface area contributed by atoms with Gasteiger partial charge in [-0.05, 0) is 31.2 Å². The van der Waals surface area contributed by atoms with E-state index in [1.165, 1.54) is 23.2 Å². The Bertz CT molecular complexity index is 1320. The van der Waals surface area contributed by atoms with Gasteiger partial charge in [0.25, 0.3) is 5.92 Å². The van der Waals surface area contributed by atoms with Crippen LogP contribution in [0.1, 0.15) is 36.9 Å². The van der Waals surface area contributed by atoms with Crippen molar-refractivity contribution in [3.63, 3.8) is 0 Å². The van der Waals surface area contributed by atoms with Crippen LogP contribution in [0.3, 0.4) is 0 Å². The molecule has 38 heavy (non-hydrogen) atoms. The molecule has 2 aliphatic rings. The number of alkyl halides is 2. The van der Waals surface area contributed by atoms with Crippen molar-refractivity contribution in [1.82, 2.24) is 14.7 Å². The van der Waals surface area contributed by atoms with Gasteiger partial charge in [0.2, 0.25) is 23.1 Å². The summed E-state index contributed by atoms with van der Waals surface area (Å²) in [4.78, 5) is 28.2. The van der Waals surface area contributed by atoms with Crippen molar-refractivity contribution >= 4 is 40.4 Å². The Labute approximate surface area is 224 Å². The number of carbonyl (C=O) groups is 2. The molecule has 1 heterocycles. The van der Waals surface area contributed by atoms with Gasteiger partial charge in [-0.2, -0.15) is 5.26 Å². The molecule has 2 amide bonds. The van der Waals surface area contributed by atoms with E-state index in [0.29, 0.717) is 6.54 Å². The lowest BCUT2D eigenvalue weighted by Gasteiger charge is -2.38. The maximum absolute atomic E-state index is 14.5. The summed E-state index contributed by atoms with van der Waals surface area (Å²) < 4.78 is 64.1. The first kappa shape index (κ1) is 28.0. The SMILES string of the molecule is C[C@H]1CN1N(CC(=O)N(c1cc(F)cc(C#N)c1)C(C(=O)NC1CC(F)(F)C1)c1ccccc1Cl)S(=O)O. The van der Waals surface area contributed by atoms with Gasteiger partial charge in [0.05, 0.1) is 11.6 Å². The van der Waals surface area contributed by atoms with E-state index in [1.54, 1.807) is 25.1 Å². The number of nitriles is 1. The van der Waals surface area contributed by atoms with Crippen molar-refractivity contribution in [2.75, 3.05) is 18.0 Å². The van der Waals surface area contributed by atoms with E-state index in [1.807, 2.05) is 0 Å². The quantitative estimate of drug-likeness (QED) is 0.353. The molecule has 0 bridgehead atoms. The van der Waals surface area contributed by atoms with Gasteiger partial charge >= 0.3 is 0 Å². The number of carbonyl (C=O) groups excluding carboxylic acids is 2. The normalized spacial score (nSPS) is 21.6. The standard InChI is InChI=1S/C24H23ClF3N5O4S/c1-14-12-31(14)32(38(36)37)13-21(34)33(18-7-15(11-29)6-16(26)8-18)22(19-4-2-3-5-20(19)25)23(35)30-17-9-24(27,28)10-17/h2-8,14,17,22H,9-10,12-13H2,1H3,(H,30,35)(H,36,37)/t14-,22?,31?/m0/s1. The first-order chi connectivity index (χ1) is 17.9. The lowest BCUT2D eigenvalue weighted by atomic mass is 9.87. The zero-order valence-corrected chi connectivity index (χ0v) is 21.6. The molecule has 4 atom stereocenters. The molecule has 2 aromatic rings. The Hall–Kier alpha value is -3.02. The number of halogens is 4. The zero-order chi connectivity index (χ0) is 27.8. The van der Waals surface area contributed by atoms with Gasteiger partial charge in [-0.15, -0.1) is 4.41 Å². The minimum absolute atomic E-state index is 0.0588. The Morgan fingerprint density at radius 3 is 2.53 bits per heavy atom. The molecule has 2 N–H and O–H groups in total. The average Bonchev–Trinajstić information content (AvgIpc) is 3.55. The number of hydrogen-bond acceptors (Lipinski definition) is 5. The summed E-state index contributed by atoms with van der Waals surface area (Å²) in [6.07, 6.45) is -1.19. The fourth-order valence-corrected chi connectivity index (χ4v) is 5.18. The maximum Gasteiger partial charge on any atom is 0.252 e. The van der Waals surface area contributed by atoms with Crippen molar-refractivity contribution in [3.05, 3.63) is 64.4 Å². The van der Waals surface area contributed by atoms with Gasteiger partial charge in [-0.25, -0.2) is 22.4 Å². The molecule has 9 nitrogen and oxygen atoms in total. The molecule has 14 heteroatoms. The second kappa shape index (κ2) is 11.0. The van der Waals surface area contributed by atoms with Crippen LogP contribution in [0.4, 0.5) is 18.9 Å². The summed E-state index contributed by atoms with van der Waals surface area (Å²) in [5.41, 5.74) is -0.254. The highest BCUT2D eigenvalue weighted by molar-refractivity contribution is 7.76. The number of nitrogens with zero attached hydrogens (tertiary/aromatic N) is 4. The van der Waals surface area contributed by atoms with Crippen LogP contribution in [-0.4, -0.2) is 61.1 Å². The molecule has 3 unspecified atom stereocenters. The largest absolute Gasteiger partial charge is 0.351 e. The van der Waals surface area contributed by atoms with Crippen molar-refractivity contribution in [2.24, 2.45) is 0 Å². The fraction of sp³-hybridized carbons (Fsp3) is 0.375. The third-order valence-corrected chi connectivity index (χ3v) is 7.31. The van der Waals surface area contributed by atoms with Crippen molar-refractivity contribution in [3.8, 4) is 6.07 Å². The molecule has 0 radical (unpaired) electrons. The predicted molar refractivity (Wildman–Crippen MR) is 133 cm³/mol. The Kier molecular flexibility index (Phi) is 8.10. The van der Waals surface area contributed by atoms with E-state index in [4.69, 9.17) is 11.6 Å². The molecule has 1 saturated carbocycles. The molecule has 2 fully saturated rings. The van der Waals surface area contributed by atoms with Crippen LogP contribution in [0.5, 0.6) is 0 Å². The zero-order valence-electron chi connectivity index (χ0n) is 20.0. The minimum atomic E-state index is -2.93. The van der Waals surface area contributed by atoms with Crippen molar-refractivity contribution in [2.45, 2.75) is 43.8 Å². The van der Waals surface area contributed by atoms with Crippen LogP contribution in [0.2, 0.25) is 5.02 Å². The van der Waals surface area contributed by atoms with Crippen molar-refractivity contribution < 1.29 is 31.5 Å². The second-order valence-electron chi connectivity index (χ2n) is 9.18. The molecule has 202 valence electrons. The number of anilines is 1. The summed E-state index contributed by atoms with van der Waals surface area (Å²) in [6.45, 7) is 1.48. The molecule has 2 aromatic carbocycles. The van der Waals surface area contributed by atoms with Crippen LogP contribution >= 0.6 is 11.6 Å². The molecule has 0 spiro atoms. The molecule has 4 rings (SSSR count). The lowest BCUT2D eigenvalue weighted by molar-refractivity contribution is -0.133. The highest BCUT2D eigenvalue weighted by atomic mass is 35.5. The number of benzene rings is 2. The fourth-order valence-electron chi connectivity index (χ4n) is 4.31. The van der Waals surface area contributed by atoms with E-state index in [9.17, 15) is 36.8 Å². The lowest BCUT2D eigenvalue weighted by Crippen LogP contribution is -2.55. The third kappa shape index (κ3) is 6.16. The van der Waals surface area contributed by atoms with Gasteiger partial charge in [-0.3, -0.25) is 19.0 Å². The number of hydrazine groups is 1. The number of rotatable bonds is 9. The van der Waals surface area contributed by atoms with Gasteiger partial charge in [0.1, 0.15) is 18.4 Å². The van der Waals surface area contributed by atoms with Gasteiger partial charge in [0, 0.05) is 47.7 Å². The summed E-state index contributed by atoms with van der Waals surface area (Å²) in [6, 6.07) is 8.26. The molecule has 1 aliphatic heterocycles. The van der Waals surface area contributed by atoms with Gasteiger partial charge in [-0.1, -0.05) is 29.8 Å². The third-order valence-electron chi connectivity index (χ3n) is 6.27. The van der Waals surface area contributed by atoms with Gasteiger partial charge < -0.3 is 5.32 Å². The first-order valence-electron chi connectivity index (χ1n) is 11.5. The number of amides is 2. The number of hydrogen-bond donors (Lipinski definition) is 2. The van der Waals surface area contributed by atoms with Crippen molar-refractivity contribution in [1.29, 1.82) is 5.26 Å². The molecule has 1 saturated heterocycles. The van der Waals surface area contributed by atoms with Crippen LogP contribution < -0.4 is 10.2 Å². The Balaban J connectivity index is 1.80. The molecular formula is C24H23ClF3N5O4S. The molecular weight excluding hydrogens is 547 g/mol. The van der Waals surface area contributed by atoms with Crippen LogP contribution in [-0.2, 0) is 20.9 Å². The molecule has 1 aliphatic carbocycles. The van der Waals surface area contributed by atoms with E-state index in [2.05, 4.69) is 5.32 Å². The van der Waals surface area contributed by atoms with E-state index < -0.39 is 66.3 Å². The monoisotopic (exact) mass is 569 g/mol. The highest BCUT2D eigenvalue weighted by Gasteiger charge is 2.47. The Morgan fingerprint density at radius 1 is 1.32 bits per heavy atom. The summed E-state index contributed by atoms with van der Waals surface area (Å²) in [5, 5.41) is 13.4. The van der Waals surface area contributed by atoms with E-state index in [0.717, 1.165) is 21.4 Å². The smallest absolute Gasteiger partial charge is 0.252 e. The first-order valence-corrected chi connectivity index (χ1v) is 12.9. The topological polar surface area (TPSA) is 117 Å². The average molecular weight is 570 g/mol.